The highest BCUT2D eigenvalue weighted by Gasteiger charge is 2.20. The smallest absolute Gasteiger partial charge is 0.149 e. The van der Waals surface area contributed by atoms with E-state index in [1.165, 1.54) is 11.5 Å². The first kappa shape index (κ1) is 14.4. The Hall–Kier alpha value is -1.51. The Morgan fingerprint density at radius 2 is 2.00 bits per heavy atom. The second-order valence-electron chi connectivity index (χ2n) is 4.76. The van der Waals surface area contributed by atoms with Gasteiger partial charge in [-0.05, 0) is 25.4 Å². The van der Waals surface area contributed by atoms with Crippen molar-refractivity contribution in [2.75, 3.05) is 17.7 Å². The van der Waals surface area contributed by atoms with Crippen molar-refractivity contribution in [3.8, 4) is 10.6 Å². The van der Waals surface area contributed by atoms with E-state index in [1.807, 2.05) is 26.3 Å². The number of nitrogens with two attached hydrogens (primary N) is 1. The molecule has 5 nitrogen and oxygen atoms in total. The molecule has 3 aromatic rings. The average Bonchev–Trinajstić information content (AvgIpc) is 3.11. The third kappa shape index (κ3) is 2.92. The van der Waals surface area contributed by atoms with Crippen molar-refractivity contribution < 1.29 is 0 Å². The summed E-state index contributed by atoms with van der Waals surface area (Å²) in [5.41, 5.74) is 9.05. The predicted octanol–water partition coefficient (Wildman–Crippen LogP) is 3.56. The van der Waals surface area contributed by atoms with E-state index in [1.54, 1.807) is 22.7 Å². The zero-order valence-corrected chi connectivity index (χ0v) is 14.4. The van der Waals surface area contributed by atoms with Crippen LogP contribution < -0.4 is 10.6 Å². The van der Waals surface area contributed by atoms with Gasteiger partial charge < -0.3 is 10.6 Å². The molecule has 0 fully saturated rings. The van der Waals surface area contributed by atoms with Crippen molar-refractivity contribution in [1.29, 1.82) is 0 Å². The van der Waals surface area contributed by atoms with Crippen molar-refractivity contribution >= 4 is 45.0 Å². The fraction of sp³-hybridized carbons (Fsp3) is 0.308. The second-order valence-corrected chi connectivity index (χ2v) is 7.43. The lowest BCUT2D eigenvalue weighted by molar-refractivity contribution is 0.900. The van der Waals surface area contributed by atoms with Crippen LogP contribution in [0.2, 0.25) is 0 Å². The Morgan fingerprint density at radius 1 is 1.19 bits per heavy atom. The third-order valence-corrected chi connectivity index (χ3v) is 5.72. The Bertz CT molecular complexity index is 758. The summed E-state index contributed by atoms with van der Waals surface area (Å²) in [6, 6.07) is 0. The van der Waals surface area contributed by atoms with Crippen LogP contribution in [0.15, 0.2) is 10.8 Å². The van der Waals surface area contributed by atoms with Crippen LogP contribution >= 0.6 is 34.2 Å². The van der Waals surface area contributed by atoms with Crippen LogP contribution in [0, 0.1) is 13.8 Å². The molecule has 2 N–H and O–H groups in total. The maximum Gasteiger partial charge on any atom is 0.149 e. The molecule has 110 valence electrons. The van der Waals surface area contributed by atoms with E-state index >= 15 is 0 Å². The Kier molecular flexibility index (Phi) is 3.92. The number of aryl methyl sites for hydroxylation is 2. The van der Waals surface area contributed by atoms with Crippen LogP contribution in [0.25, 0.3) is 10.6 Å². The predicted molar refractivity (Wildman–Crippen MR) is 91.3 cm³/mol. The van der Waals surface area contributed by atoms with Crippen molar-refractivity contribution in [3.63, 3.8) is 0 Å². The lowest BCUT2D eigenvalue weighted by Crippen LogP contribution is -2.16. The van der Waals surface area contributed by atoms with Crippen LogP contribution in [0.3, 0.4) is 0 Å². The van der Waals surface area contributed by atoms with Gasteiger partial charge in [-0.3, -0.25) is 0 Å². The molecule has 0 unspecified atom stereocenters. The number of anilines is 2. The number of hydrogen-bond acceptors (Lipinski definition) is 8. The molecule has 0 bridgehead atoms. The number of aromatic nitrogens is 3. The molecule has 0 saturated carbocycles. The highest BCUT2D eigenvalue weighted by atomic mass is 32.1. The lowest BCUT2D eigenvalue weighted by Gasteiger charge is -2.16. The van der Waals surface area contributed by atoms with Gasteiger partial charge in [0.15, 0.2) is 0 Å². The first-order chi connectivity index (χ1) is 10.0. The van der Waals surface area contributed by atoms with Crippen LogP contribution in [-0.2, 0) is 6.54 Å². The van der Waals surface area contributed by atoms with Crippen molar-refractivity contribution in [2.24, 2.45) is 0 Å². The van der Waals surface area contributed by atoms with Crippen LogP contribution in [0.4, 0.5) is 10.8 Å². The van der Waals surface area contributed by atoms with Gasteiger partial charge >= 0.3 is 0 Å². The van der Waals surface area contributed by atoms with E-state index in [-0.39, 0.29) is 0 Å². The van der Waals surface area contributed by atoms with Gasteiger partial charge in [-0.15, -0.1) is 22.7 Å². The van der Waals surface area contributed by atoms with E-state index in [2.05, 4.69) is 24.6 Å². The number of rotatable bonds is 4. The fourth-order valence-corrected chi connectivity index (χ4v) is 4.31. The van der Waals surface area contributed by atoms with Gasteiger partial charge in [-0.1, -0.05) is 0 Å². The second kappa shape index (κ2) is 5.70. The highest BCUT2D eigenvalue weighted by Crippen LogP contribution is 2.40. The van der Waals surface area contributed by atoms with Gasteiger partial charge in [-0.2, -0.15) is 4.37 Å². The first-order valence-electron chi connectivity index (χ1n) is 6.34. The third-order valence-electron chi connectivity index (χ3n) is 2.95. The van der Waals surface area contributed by atoms with E-state index in [0.29, 0.717) is 5.82 Å². The molecule has 0 atom stereocenters. The summed E-state index contributed by atoms with van der Waals surface area (Å²) in [5.74, 6) is 0.547. The maximum absolute atomic E-state index is 6.04. The summed E-state index contributed by atoms with van der Waals surface area (Å²) in [4.78, 5) is 11.2. The number of nitrogen functional groups attached to an aromatic ring is 1. The number of thiazole rings is 2. The fourth-order valence-electron chi connectivity index (χ4n) is 2.02. The van der Waals surface area contributed by atoms with E-state index in [9.17, 15) is 0 Å². The minimum absolute atomic E-state index is 0.547. The molecule has 8 heteroatoms. The number of nitrogens with zero attached hydrogens (tertiary/aromatic N) is 4. The molecule has 0 amide bonds. The van der Waals surface area contributed by atoms with E-state index in [0.717, 1.165) is 38.5 Å². The minimum atomic E-state index is 0.547. The monoisotopic (exact) mass is 337 g/mol. The topological polar surface area (TPSA) is 67.9 Å². The summed E-state index contributed by atoms with van der Waals surface area (Å²) >= 11 is 4.67. The Balaban J connectivity index is 1.92. The van der Waals surface area contributed by atoms with Crippen molar-refractivity contribution in [2.45, 2.75) is 20.4 Å². The van der Waals surface area contributed by atoms with E-state index < -0.39 is 0 Å². The SMILES string of the molecule is Cc1csc(-c2c(N)nsc2N(C)Cc2csc(C)n2)n1. The molecule has 0 aliphatic carbocycles. The summed E-state index contributed by atoms with van der Waals surface area (Å²) in [6.07, 6.45) is 0. The lowest BCUT2D eigenvalue weighted by atomic mass is 10.3. The van der Waals surface area contributed by atoms with Gasteiger partial charge in [0, 0.05) is 23.5 Å². The normalized spacial score (nSPS) is 11.0. The molecular weight excluding hydrogens is 322 g/mol. The molecule has 3 rings (SSSR count). The van der Waals surface area contributed by atoms with Crippen molar-refractivity contribution in [1.82, 2.24) is 14.3 Å². The van der Waals surface area contributed by atoms with Gasteiger partial charge in [-0.25, -0.2) is 9.97 Å². The quantitative estimate of drug-likeness (QED) is 0.788. The van der Waals surface area contributed by atoms with Gasteiger partial charge in [0.05, 0.1) is 22.8 Å². The van der Waals surface area contributed by atoms with Gasteiger partial charge in [0.25, 0.3) is 0 Å². The molecule has 21 heavy (non-hydrogen) atoms. The Morgan fingerprint density at radius 3 is 2.62 bits per heavy atom. The Labute approximate surface area is 135 Å². The van der Waals surface area contributed by atoms with E-state index in [4.69, 9.17) is 5.73 Å². The van der Waals surface area contributed by atoms with Crippen LogP contribution in [-0.4, -0.2) is 21.4 Å². The standard InChI is InChI=1S/C13H15N5S3/c1-7-5-20-12(15-7)10-11(14)17-21-13(10)18(3)4-9-6-19-8(2)16-9/h5-6H,4H2,1-3H3,(H2,14,17). The zero-order chi connectivity index (χ0) is 15.0. The average molecular weight is 337 g/mol. The van der Waals surface area contributed by atoms with Gasteiger partial charge in [0.2, 0.25) is 0 Å². The minimum Gasteiger partial charge on any atom is -0.382 e. The molecule has 0 spiro atoms. The maximum atomic E-state index is 6.04. The molecule has 3 heterocycles. The molecule has 0 aliphatic heterocycles. The molecular formula is C13H15N5S3. The summed E-state index contributed by atoms with van der Waals surface area (Å²) in [5, 5.41) is 7.16. The largest absolute Gasteiger partial charge is 0.382 e. The van der Waals surface area contributed by atoms with Crippen LogP contribution in [0.5, 0.6) is 0 Å². The van der Waals surface area contributed by atoms with Gasteiger partial charge in [0.1, 0.15) is 15.8 Å². The number of hydrogen-bond donors (Lipinski definition) is 1. The molecule has 0 aromatic carbocycles. The molecule has 0 radical (unpaired) electrons. The van der Waals surface area contributed by atoms with Crippen LogP contribution in [0.1, 0.15) is 16.4 Å². The highest BCUT2D eigenvalue weighted by molar-refractivity contribution is 7.15. The summed E-state index contributed by atoms with van der Waals surface area (Å²) in [6.45, 7) is 4.74. The van der Waals surface area contributed by atoms with Crippen molar-refractivity contribution in [3.05, 3.63) is 27.2 Å². The summed E-state index contributed by atoms with van der Waals surface area (Å²) in [7, 11) is 2.03. The molecule has 3 aromatic heterocycles. The first-order valence-corrected chi connectivity index (χ1v) is 8.87. The molecule has 0 aliphatic rings. The molecule has 0 saturated heterocycles. The zero-order valence-electron chi connectivity index (χ0n) is 12.0. The summed E-state index contributed by atoms with van der Waals surface area (Å²) < 4.78 is 4.30.